The predicted molar refractivity (Wildman–Crippen MR) is 55.5 cm³/mol. The van der Waals surface area contributed by atoms with Crippen LogP contribution in [0, 0.1) is 5.92 Å². The number of hydrogen-bond donors (Lipinski definition) is 0. The largest absolute Gasteiger partial charge is 0.548 e. The van der Waals surface area contributed by atoms with E-state index in [9.17, 15) is 14.7 Å². The first-order valence-corrected chi connectivity index (χ1v) is 5.41. The molecule has 1 aliphatic heterocycles. The highest BCUT2D eigenvalue weighted by molar-refractivity contribution is 5.79. The second-order valence-electron chi connectivity index (χ2n) is 5.31. The number of rotatable bonds is 1. The lowest BCUT2D eigenvalue weighted by Crippen LogP contribution is -2.48. The molecule has 5 heteroatoms. The van der Waals surface area contributed by atoms with E-state index in [4.69, 9.17) is 4.74 Å². The molecular formula is C11H18NO4-. The molecule has 1 fully saturated rings. The molecule has 0 unspecified atom stereocenters. The number of aliphatic carboxylic acids is 1. The van der Waals surface area contributed by atoms with Gasteiger partial charge in [0.25, 0.3) is 0 Å². The summed E-state index contributed by atoms with van der Waals surface area (Å²) in [5.41, 5.74) is -0.612. The summed E-state index contributed by atoms with van der Waals surface area (Å²) in [6.45, 7) is 7.56. The zero-order valence-electron chi connectivity index (χ0n) is 10.1. The van der Waals surface area contributed by atoms with Gasteiger partial charge >= 0.3 is 6.09 Å². The first-order valence-electron chi connectivity index (χ1n) is 5.41. The van der Waals surface area contributed by atoms with Crippen molar-refractivity contribution >= 4 is 12.1 Å². The van der Waals surface area contributed by atoms with Crippen LogP contribution in [0.25, 0.3) is 0 Å². The van der Waals surface area contributed by atoms with Gasteiger partial charge in [-0.3, -0.25) is 4.90 Å². The number of likely N-dealkylation sites (tertiary alicyclic amines) is 1. The summed E-state index contributed by atoms with van der Waals surface area (Å²) < 4.78 is 5.15. The van der Waals surface area contributed by atoms with Gasteiger partial charge in [-0.15, -0.1) is 0 Å². The van der Waals surface area contributed by atoms with E-state index >= 15 is 0 Å². The van der Waals surface area contributed by atoms with Crippen LogP contribution in [-0.2, 0) is 9.53 Å². The first kappa shape index (κ1) is 12.8. The van der Waals surface area contributed by atoms with Crippen molar-refractivity contribution in [3.8, 4) is 0 Å². The number of amides is 1. The van der Waals surface area contributed by atoms with Crippen molar-refractivity contribution in [2.45, 2.75) is 45.8 Å². The van der Waals surface area contributed by atoms with E-state index < -0.39 is 23.7 Å². The summed E-state index contributed by atoms with van der Waals surface area (Å²) in [5.74, 6) is -1.05. The molecule has 0 bridgehead atoms. The molecule has 0 saturated carbocycles. The maximum Gasteiger partial charge on any atom is 0.410 e. The highest BCUT2D eigenvalue weighted by Gasteiger charge is 2.36. The molecule has 0 spiro atoms. The Morgan fingerprint density at radius 1 is 1.38 bits per heavy atom. The fourth-order valence-electron chi connectivity index (χ4n) is 1.79. The van der Waals surface area contributed by atoms with E-state index in [0.29, 0.717) is 13.0 Å². The summed E-state index contributed by atoms with van der Waals surface area (Å²) in [4.78, 5) is 23.8. The van der Waals surface area contributed by atoms with E-state index in [1.807, 2.05) is 6.92 Å². The average molecular weight is 228 g/mol. The van der Waals surface area contributed by atoms with Crippen LogP contribution in [0.3, 0.4) is 0 Å². The Morgan fingerprint density at radius 3 is 2.38 bits per heavy atom. The third-order valence-corrected chi connectivity index (χ3v) is 2.41. The van der Waals surface area contributed by atoms with Crippen LogP contribution < -0.4 is 5.11 Å². The van der Waals surface area contributed by atoms with Crippen LogP contribution >= 0.6 is 0 Å². The summed E-state index contributed by atoms with van der Waals surface area (Å²) >= 11 is 0. The van der Waals surface area contributed by atoms with E-state index in [1.165, 1.54) is 4.90 Å². The molecular weight excluding hydrogens is 210 g/mol. The van der Waals surface area contributed by atoms with Crippen LogP contribution in [-0.4, -0.2) is 35.2 Å². The minimum absolute atomic E-state index is 0.162. The van der Waals surface area contributed by atoms with Crippen LogP contribution in [0.15, 0.2) is 0 Å². The number of carbonyl (C=O) groups excluding carboxylic acids is 2. The summed E-state index contributed by atoms with van der Waals surface area (Å²) in [7, 11) is 0. The molecule has 0 aromatic carbocycles. The molecule has 16 heavy (non-hydrogen) atoms. The Bertz CT molecular complexity index is 295. The predicted octanol–water partition coefficient (Wildman–Crippen LogP) is 0.382. The normalized spacial score (nSPS) is 25.6. The number of carboxylic acids is 1. The molecule has 0 aliphatic carbocycles. The summed E-state index contributed by atoms with van der Waals surface area (Å²) in [6.07, 6.45) is -0.146. The quantitative estimate of drug-likeness (QED) is 0.650. The van der Waals surface area contributed by atoms with Gasteiger partial charge in [-0.25, -0.2) is 4.79 Å². The van der Waals surface area contributed by atoms with Crippen molar-refractivity contribution in [3.63, 3.8) is 0 Å². The zero-order valence-corrected chi connectivity index (χ0v) is 10.1. The topological polar surface area (TPSA) is 69.7 Å². The third-order valence-electron chi connectivity index (χ3n) is 2.41. The monoisotopic (exact) mass is 228 g/mol. The SMILES string of the molecule is C[C@H]1C[C@H](C(=O)[O-])N(C(=O)OC(C)(C)C)C1. The summed E-state index contributed by atoms with van der Waals surface area (Å²) in [5, 5.41) is 10.9. The molecule has 1 saturated heterocycles. The van der Waals surface area contributed by atoms with Gasteiger partial charge in [0.05, 0.1) is 12.0 Å². The lowest BCUT2D eigenvalue weighted by molar-refractivity contribution is -0.310. The Balaban J connectivity index is 2.71. The van der Waals surface area contributed by atoms with Crippen molar-refractivity contribution in [2.24, 2.45) is 5.92 Å². The molecule has 5 nitrogen and oxygen atoms in total. The second kappa shape index (κ2) is 4.31. The lowest BCUT2D eigenvalue weighted by Gasteiger charge is -2.28. The highest BCUT2D eigenvalue weighted by Crippen LogP contribution is 2.24. The van der Waals surface area contributed by atoms with Gasteiger partial charge < -0.3 is 14.6 Å². The molecule has 1 rings (SSSR count). The smallest absolute Gasteiger partial charge is 0.410 e. The molecule has 0 N–H and O–H groups in total. The highest BCUT2D eigenvalue weighted by atomic mass is 16.6. The van der Waals surface area contributed by atoms with Gasteiger partial charge in [-0.2, -0.15) is 0 Å². The van der Waals surface area contributed by atoms with Crippen molar-refractivity contribution < 1.29 is 19.4 Å². The number of hydrogen-bond acceptors (Lipinski definition) is 4. The van der Waals surface area contributed by atoms with Crippen LogP contribution in [0.5, 0.6) is 0 Å². The zero-order chi connectivity index (χ0) is 12.5. The summed E-state index contributed by atoms with van der Waals surface area (Å²) in [6, 6.07) is -0.857. The maximum atomic E-state index is 11.7. The number of carbonyl (C=O) groups is 2. The minimum atomic E-state index is -1.21. The van der Waals surface area contributed by atoms with Crippen LogP contribution in [0.2, 0.25) is 0 Å². The van der Waals surface area contributed by atoms with Gasteiger partial charge in [0, 0.05) is 6.54 Å². The Morgan fingerprint density at radius 2 is 1.94 bits per heavy atom. The van der Waals surface area contributed by atoms with Gasteiger partial charge in [-0.05, 0) is 33.1 Å². The van der Waals surface area contributed by atoms with Crippen molar-refractivity contribution in [3.05, 3.63) is 0 Å². The minimum Gasteiger partial charge on any atom is -0.548 e. The molecule has 92 valence electrons. The van der Waals surface area contributed by atoms with Crippen LogP contribution in [0.1, 0.15) is 34.1 Å². The van der Waals surface area contributed by atoms with Crippen molar-refractivity contribution in [1.29, 1.82) is 0 Å². The Hall–Kier alpha value is -1.26. The third kappa shape index (κ3) is 3.12. The molecule has 0 radical (unpaired) electrons. The van der Waals surface area contributed by atoms with E-state index in [1.54, 1.807) is 20.8 Å². The molecule has 2 atom stereocenters. The van der Waals surface area contributed by atoms with Crippen molar-refractivity contribution in [1.82, 2.24) is 4.90 Å². The number of carboxylic acid groups (broad SMARTS) is 1. The van der Waals surface area contributed by atoms with E-state index in [0.717, 1.165) is 0 Å². The Labute approximate surface area is 95.4 Å². The molecule has 1 heterocycles. The van der Waals surface area contributed by atoms with Gasteiger partial charge in [-0.1, -0.05) is 6.92 Å². The lowest BCUT2D eigenvalue weighted by atomic mass is 10.1. The molecule has 0 aromatic rings. The molecule has 1 aliphatic rings. The van der Waals surface area contributed by atoms with Gasteiger partial charge in [0.2, 0.25) is 0 Å². The number of nitrogens with zero attached hydrogens (tertiary/aromatic N) is 1. The fourth-order valence-corrected chi connectivity index (χ4v) is 1.79. The van der Waals surface area contributed by atoms with Gasteiger partial charge in [0.15, 0.2) is 0 Å². The van der Waals surface area contributed by atoms with Gasteiger partial charge in [0.1, 0.15) is 5.60 Å². The molecule has 0 aromatic heterocycles. The van der Waals surface area contributed by atoms with E-state index in [2.05, 4.69) is 0 Å². The standard InChI is InChI=1S/C11H19NO4/c1-7-5-8(9(13)14)12(6-7)10(15)16-11(2,3)4/h7-8H,5-6H2,1-4H3,(H,13,14)/p-1/t7-,8+/m0/s1. The second-order valence-corrected chi connectivity index (χ2v) is 5.31. The molecule has 1 amide bonds. The Kier molecular flexibility index (Phi) is 3.45. The van der Waals surface area contributed by atoms with Crippen molar-refractivity contribution in [2.75, 3.05) is 6.54 Å². The van der Waals surface area contributed by atoms with Crippen LogP contribution in [0.4, 0.5) is 4.79 Å². The fraction of sp³-hybridized carbons (Fsp3) is 0.818. The number of ether oxygens (including phenoxy) is 1. The first-order chi connectivity index (χ1) is 7.20. The average Bonchev–Trinajstić information content (AvgIpc) is 2.44. The van der Waals surface area contributed by atoms with E-state index in [-0.39, 0.29) is 5.92 Å². The maximum absolute atomic E-state index is 11.7.